The van der Waals surface area contributed by atoms with Crippen molar-refractivity contribution in [3.05, 3.63) is 23.9 Å². The Hall–Kier alpha value is -2.82. The largest absolute Gasteiger partial charge is 0.444 e. The Kier molecular flexibility index (Phi) is 6.26. The summed E-state index contributed by atoms with van der Waals surface area (Å²) in [6, 6.07) is 5.70. The minimum Gasteiger partial charge on any atom is -0.444 e. The van der Waals surface area contributed by atoms with Gasteiger partial charge in [0.2, 0.25) is 5.91 Å². The maximum atomic E-state index is 12.9. The number of nitriles is 1. The van der Waals surface area contributed by atoms with Gasteiger partial charge in [-0.2, -0.15) is 5.26 Å². The van der Waals surface area contributed by atoms with Crippen LogP contribution in [0, 0.1) is 17.2 Å². The maximum absolute atomic E-state index is 12.9. The molecule has 8 nitrogen and oxygen atoms in total. The fourth-order valence-corrected chi connectivity index (χ4v) is 3.69. The third-order valence-electron chi connectivity index (χ3n) is 5.29. The average Bonchev–Trinajstić information content (AvgIpc) is 2.72. The highest BCUT2D eigenvalue weighted by molar-refractivity contribution is 5.79. The molecule has 3 rings (SSSR count). The van der Waals surface area contributed by atoms with Crippen molar-refractivity contribution < 1.29 is 14.3 Å². The van der Waals surface area contributed by atoms with E-state index in [1.54, 1.807) is 17.2 Å². The molecule has 2 aliphatic heterocycles. The van der Waals surface area contributed by atoms with Gasteiger partial charge in [0.25, 0.3) is 0 Å². The average molecular weight is 399 g/mol. The van der Waals surface area contributed by atoms with Crippen molar-refractivity contribution >= 4 is 17.8 Å². The molecule has 0 spiro atoms. The number of pyridine rings is 1. The van der Waals surface area contributed by atoms with Gasteiger partial charge in [0.1, 0.15) is 17.5 Å². The Morgan fingerprint density at radius 3 is 2.21 bits per heavy atom. The van der Waals surface area contributed by atoms with Crippen molar-refractivity contribution in [1.82, 2.24) is 14.8 Å². The highest BCUT2D eigenvalue weighted by atomic mass is 16.6. The van der Waals surface area contributed by atoms with Crippen LogP contribution in [0.3, 0.4) is 0 Å². The Bertz CT molecular complexity index is 765. The topological polar surface area (TPSA) is 89.8 Å². The van der Waals surface area contributed by atoms with Gasteiger partial charge in [-0.05, 0) is 45.7 Å². The lowest BCUT2D eigenvalue weighted by Gasteiger charge is -2.39. The lowest BCUT2D eigenvalue weighted by Crippen LogP contribution is -2.53. The Morgan fingerprint density at radius 2 is 1.69 bits per heavy atom. The third kappa shape index (κ3) is 5.37. The van der Waals surface area contributed by atoms with Gasteiger partial charge < -0.3 is 19.4 Å². The third-order valence-corrected chi connectivity index (χ3v) is 5.29. The summed E-state index contributed by atoms with van der Waals surface area (Å²) in [5.74, 6) is 1.04. The van der Waals surface area contributed by atoms with Crippen molar-refractivity contribution in [2.45, 2.75) is 39.2 Å². The molecule has 0 radical (unpaired) electrons. The van der Waals surface area contributed by atoms with E-state index < -0.39 is 5.60 Å². The van der Waals surface area contributed by atoms with Crippen molar-refractivity contribution in [3.8, 4) is 6.07 Å². The number of amides is 2. The lowest BCUT2D eigenvalue weighted by atomic mass is 9.95. The molecule has 1 aromatic rings. The number of aromatic nitrogens is 1. The number of hydrogen-bond donors (Lipinski definition) is 0. The number of piperidine rings is 1. The van der Waals surface area contributed by atoms with Gasteiger partial charge in [0, 0.05) is 51.4 Å². The lowest BCUT2D eigenvalue weighted by molar-refractivity contribution is -0.138. The van der Waals surface area contributed by atoms with Crippen molar-refractivity contribution in [1.29, 1.82) is 5.26 Å². The first-order chi connectivity index (χ1) is 13.8. The number of ether oxygens (including phenoxy) is 1. The van der Waals surface area contributed by atoms with Crippen LogP contribution in [0.1, 0.15) is 39.2 Å². The van der Waals surface area contributed by atoms with Gasteiger partial charge in [0.15, 0.2) is 0 Å². The van der Waals surface area contributed by atoms with Crippen LogP contribution in [0.5, 0.6) is 0 Å². The Morgan fingerprint density at radius 1 is 1.07 bits per heavy atom. The molecule has 2 saturated heterocycles. The fraction of sp³-hybridized carbons (Fsp3) is 0.619. The second kappa shape index (κ2) is 8.68. The quantitative estimate of drug-likeness (QED) is 0.758. The van der Waals surface area contributed by atoms with E-state index in [4.69, 9.17) is 10.00 Å². The highest BCUT2D eigenvalue weighted by Gasteiger charge is 2.32. The van der Waals surface area contributed by atoms with Crippen molar-refractivity contribution in [3.63, 3.8) is 0 Å². The number of anilines is 1. The van der Waals surface area contributed by atoms with Crippen molar-refractivity contribution in [2.75, 3.05) is 44.2 Å². The van der Waals surface area contributed by atoms with Crippen LogP contribution >= 0.6 is 0 Å². The molecule has 2 aliphatic rings. The smallest absolute Gasteiger partial charge is 0.410 e. The van der Waals surface area contributed by atoms with Gasteiger partial charge >= 0.3 is 6.09 Å². The van der Waals surface area contributed by atoms with E-state index in [2.05, 4.69) is 16.0 Å². The summed E-state index contributed by atoms with van der Waals surface area (Å²) in [5, 5.41) is 8.88. The second-order valence-electron chi connectivity index (χ2n) is 8.57. The van der Waals surface area contributed by atoms with E-state index in [1.807, 2.05) is 31.7 Å². The molecule has 0 saturated carbocycles. The first kappa shape index (κ1) is 20.9. The number of nitrogens with zero attached hydrogens (tertiary/aromatic N) is 5. The predicted molar refractivity (Wildman–Crippen MR) is 108 cm³/mol. The summed E-state index contributed by atoms with van der Waals surface area (Å²) in [6.07, 6.45) is 2.84. The molecule has 0 N–H and O–H groups in total. The molecule has 2 amide bonds. The first-order valence-corrected chi connectivity index (χ1v) is 10.1. The Labute approximate surface area is 172 Å². The SMILES string of the molecule is CC(C)(C)OC(=O)N1CCN(C(=O)C2CCN(c3ccc(C#N)cn3)CC2)CC1. The fourth-order valence-electron chi connectivity index (χ4n) is 3.69. The van der Waals surface area contributed by atoms with E-state index in [0.29, 0.717) is 31.7 Å². The number of hydrogen-bond acceptors (Lipinski definition) is 6. The normalized spacial score (nSPS) is 18.3. The van der Waals surface area contributed by atoms with Crippen LogP contribution in [-0.2, 0) is 9.53 Å². The van der Waals surface area contributed by atoms with E-state index in [9.17, 15) is 9.59 Å². The van der Waals surface area contributed by atoms with E-state index >= 15 is 0 Å². The van der Waals surface area contributed by atoms with Crippen molar-refractivity contribution in [2.24, 2.45) is 5.92 Å². The van der Waals surface area contributed by atoms with Gasteiger partial charge in [-0.15, -0.1) is 0 Å². The molecule has 3 heterocycles. The molecule has 0 aliphatic carbocycles. The predicted octanol–water partition coefficient (Wildman–Crippen LogP) is 2.25. The van der Waals surface area contributed by atoms with Gasteiger partial charge in [0.05, 0.1) is 5.56 Å². The van der Waals surface area contributed by atoms with Crippen LogP contribution in [0.2, 0.25) is 0 Å². The molecule has 156 valence electrons. The molecular weight excluding hydrogens is 370 g/mol. The van der Waals surface area contributed by atoms with Crippen LogP contribution in [0.4, 0.5) is 10.6 Å². The maximum Gasteiger partial charge on any atom is 0.410 e. The zero-order valence-corrected chi connectivity index (χ0v) is 17.4. The molecule has 0 atom stereocenters. The summed E-state index contributed by atoms with van der Waals surface area (Å²) < 4.78 is 5.41. The van der Waals surface area contributed by atoms with Gasteiger partial charge in [-0.3, -0.25) is 4.79 Å². The number of piperazine rings is 1. The van der Waals surface area contributed by atoms with Crippen LogP contribution in [-0.4, -0.2) is 71.7 Å². The number of carbonyl (C=O) groups is 2. The van der Waals surface area contributed by atoms with E-state index in [0.717, 1.165) is 31.7 Å². The summed E-state index contributed by atoms with van der Waals surface area (Å²) in [4.78, 5) is 35.1. The highest BCUT2D eigenvalue weighted by Crippen LogP contribution is 2.24. The molecule has 0 bridgehead atoms. The van der Waals surface area contributed by atoms with Crippen LogP contribution < -0.4 is 4.90 Å². The summed E-state index contributed by atoms with van der Waals surface area (Å²) in [7, 11) is 0. The second-order valence-corrected chi connectivity index (χ2v) is 8.57. The molecule has 0 unspecified atom stereocenters. The number of carbonyl (C=O) groups excluding carboxylic acids is 2. The zero-order valence-electron chi connectivity index (χ0n) is 17.4. The summed E-state index contributed by atoms with van der Waals surface area (Å²) in [5.41, 5.74) is 0.0336. The van der Waals surface area contributed by atoms with Crippen LogP contribution in [0.25, 0.3) is 0 Å². The van der Waals surface area contributed by atoms with Crippen LogP contribution in [0.15, 0.2) is 18.3 Å². The standard InChI is InChI=1S/C21H29N5O3/c1-21(2,3)29-20(28)26-12-10-25(11-13-26)19(27)17-6-8-24(9-7-17)18-5-4-16(14-22)15-23-18/h4-5,15,17H,6-13H2,1-3H3. The summed E-state index contributed by atoms with van der Waals surface area (Å²) >= 11 is 0. The first-order valence-electron chi connectivity index (χ1n) is 10.1. The molecule has 1 aromatic heterocycles. The summed E-state index contributed by atoms with van der Waals surface area (Å²) in [6.45, 7) is 9.22. The molecule has 0 aromatic carbocycles. The van der Waals surface area contributed by atoms with Gasteiger partial charge in [-0.25, -0.2) is 9.78 Å². The Balaban J connectivity index is 1.46. The molecular formula is C21H29N5O3. The number of rotatable bonds is 2. The molecule has 29 heavy (non-hydrogen) atoms. The minimum absolute atomic E-state index is 0.0118. The zero-order chi connectivity index (χ0) is 21.0. The minimum atomic E-state index is -0.512. The molecule has 2 fully saturated rings. The van der Waals surface area contributed by atoms with E-state index in [-0.39, 0.29) is 17.9 Å². The monoisotopic (exact) mass is 399 g/mol. The molecule has 8 heteroatoms. The van der Waals surface area contributed by atoms with Gasteiger partial charge in [-0.1, -0.05) is 0 Å². The van der Waals surface area contributed by atoms with E-state index in [1.165, 1.54) is 0 Å².